The number of anilines is 1. The Morgan fingerprint density at radius 1 is 1.33 bits per heavy atom. The van der Waals surface area contributed by atoms with E-state index < -0.39 is 5.82 Å². The number of halogens is 1. The second kappa shape index (κ2) is 7.82. The highest BCUT2D eigenvalue weighted by molar-refractivity contribution is 5.90. The number of rotatable bonds is 7. The van der Waals surface area contributed by atoms with Crippen LogP contribution in [0.5, 0.6) is 0 Å². The molecule has 0 heterocycles. The van der Waals surface area contributed by atoms with Gasteiger partial charge in [0, 0.05) is 13.0 Å². The number of nitrogens with one attached hydrogen (secondary N) is 1. The molecule has 0 radical (unpaired) electrons. The van der Waals surface area contributed by atoms with Crippen LogP contribution in [-0.4, -0.2) is 5.91 Å². The van der Waals surface area contributed by atoms with Crippen molar-refractivity contribution in [2.45, 2.75) is 45.6 Å². The average molecular weight is 252 g/mol. The maximum absolute atomic E-state index is 13.6. The largest absolute Gasteiger partial charge is 0.326 e. The summed E-state index contributed by atoms with van der Waals surface area (Å²) in [5, 5.41) is 2.58. The molecule has 4 heteroatoms. The van der Waals surface area contributed by atoms with E-state index in [1.165, 1.54) is 6.07 Å². The Hall–Kier alpha value is -1.42. The van der Waals surface area contributed by atoms with Gasteiger partial charge in [0.25, 0.3) is 0 Å². The number of carbonyl (C=O) groups is 1. The third kappa shape index (κ3) is 4.84. The number of hydrogen-bond donors (Lipinski definition) is 2. The molecule has 0 fully saturated rings. The third-order valence-corrected chi connectivity index (χ3v) is 2.80. The monoisotopic (exact) mass is 252 g/mol. The van der Waals surface area contributed by atoms with Crippen molar-refractivity contribution in [2.24, 2.45) is 5.73 Å². The second-order valence-corrected chi connectivity index (χ2v) is 4.38. The number of nitrogens with two attached hydrogens (primary N) is 1. The minimum absolute atomic E-state index is 0.134. The number of hydrogen-bond acceptors (Lipinski definition) is 2. The van der Waals surface area contributed by atoms with Crippen molar-refractivity contribution < 1.29 is 9.18 Å². The molecule has 18 heavy (non-hydrogen) atoms. The number of amides is 1. The Kier molecular flexibility index (Phi) is 6.36. The van der Waals surface area contributed by atoms with Crippen molar-refractivity contribution in [3.8, 4) is 0 Å². The van der Waals surface area contributed by atoms with Crippen LogP contribution in [-0.2, 0) is 11.3 Å². The van der Waals surface area contributed by atoms with Crippen LogP contribution in [0.15, 0.2) is 18.2 Å². The van der Waals surface area contributed by atoms with Gasteiger partial charge >= 0.3 is 0 Å². The molecule has 1 aromatic carbocycles. The van der Waals surface area contributed by atoms with Gasteiger partial charge in [-0.2, -0.15) is 0 Å². The molecule has 1 aromatic rings. The molecular formula is C14H21FN2O. The zero-order valence-corrected chi connectivity index (χ0v) is 10.8. The van der Waals surface area contributed by atoms with Gasteiger partial charge in [0.05, 0.1) is 5.69 Å². The van der Waals surface area contributed by atoms with Crippen molar-refractivity contribution in [3.05, 3.63) is 29.6 Å². The average Bonchev–Trinajstić information content (AvgIpc) is 2.37. The molecule has 0 aliphatic carbocycles. The summed E-state index contributed by atoms with van der Waals surface area (Å²) in [6.07, 6.45) is 4.60. The SMILES string of the molecule is CCCCCCC(=O)Nc1ccc(CN)cc1F. The lowest BCUT2D eigenvalue weighted by molar-refractivity contribution is -0.116. The standard InChI is InChI=1S/C14H21FN2O/c1-2-3-4-5-6-14(18)17-13-8-7-11(10-16)9-12(13)15/h7-9H,2-6,10,16H2,1H3,(H,17,18). The van der Waals surface area contributed by atoms with Crippen LogP contribution in [0.25, 0.3) is 0 Å². The highest BCUT2D eigenvalue weighted by atomic mass is 19.1. The summed E-state index contributed by atoms with van der Waals surface area (Å²) in [5.41, 5.74) is 6.36. The molecule has 100 valence electrons. The highest BCUT2D eigenvalue weighted by Gasteiger charge is 2.07. The van der Waals surface area contributed by atoms with Gasteiger partial charge in [-0.25, -0.2) is 4.39 Å². The van der Waals surface area contributed by atoms with E-state index in [9.17, 15) is 9.18 Å². The van der Waals surface area contributed by atoms with Crippen LogP contribution < -0.4 is 11.1 Å². The smallest absolute Gasteiger partial charge is 0.224 e. The van der Waals surface area contributed by atoms with Crippen LogP contribution in [0.1, 0.15) is 44.6 Å². The number of unbranched alkanes of at least 4 members (excludes halogenated alkanes) is 3. The van der Waals surface area contributed by atoms with Gasteiger partial charge in [0.2, 0.25) is 5.91 Å². The fourth-order valence-corrected chi connectivity index (χ4v) is 1.71. The highest BCUT2D eigenvalue weighted by Crippen LogP contribution is 2.16. The first-order valence-electron chi connectivity index (χ1n) is 6.45. The summed E-state index contributed by atoms with van der Waals surface area (Å²) in [7, 11) is 0. The summed E-state index contributed by atoms with van der Waals surface area (Å²) < 4.78 is 13.6. The maximum Gasteiger partial charge on any atom is 0.224 e. The van der Waals surface area contributed by atoms with Gasteiger partial charge in [-0.3, -0.25) is 4.79 Å². The van der Waals surface area contributed by atoms with E-state index in [-0.39, 0.29) is 11.6 Å². The molecule has 0 unspecified atom stereocenters. The van der Waals surface area contributed by atoms with Crippen molar-refractivity contribution in [2.75, 3.05) is 5.32 Å². The van der Waals surface area contributed by atoms with Crippen LogP contribution in [0.3, 0.4) is 0 Å². The molecule has 0 saturated heterocycles. The van der Waals surface area contributed by atoms with Gasteiger partial charge in [-0.05, 0) is 24.1 Å². The zero-order chi connectivity index (χ0) is 13.4. The molecule has 1 rings (SSSR count). The Morgan fingerprint density at radius 2 is 2.11 bits per heavy atom. The molecule has 0 aliphatic rings. The Labute approximate surface area is 108 Å². The summed E-state index contributed by atoms with van der Waals surface area (Å²) in [5.74, 6) is -0.564. The van der Waals surface area contributed by atoms with E-state index in [0.717, 1.165) is 25.7 Å². The van der Waals surface area contributed by atoms with Gasteiger partial charge < -0.3 is 11.1 Å². The summed E-state index contributed by atoms with van der Waals surface area (Å²) in [6.45, 7) is 2.41. The van der Waals surface area contributed by atoms with Gasteiger partial charge in [0.1, 0.15) is 5.82 Å². The Bertz CT molecular complexity index is 393. The van der Waals surface area contributed by atoms with Crippen molar-refractivity contribution in [1.29, 1.82) is 0 Å². The van der Waals surface area contributed by atoms with Crippen molar-refractivity contribution in [1.82, 2.24) is 0 Å². The fraction of sp³-hybridized carbons (Fsp3) is 0.500. The first kappa shape index (κ1) is 14.6. The van der Waals surface area contributed by atoms with E-state index >= 15 is 0 Å². The molecule has 3 nitrogen and oxygen atoms in total. The summed E-state index contributed by atoms with van der Waals surface area (Å²) in [6, 6.07) is 4.63. The van der Waals surface area contributed by atoms with E-state index in [1.807, 2.05) is 0 Å². The predicted octanol–water partition coefficient (Wildman–Crippen LogP) is 3.19. The minimum Gasteiger partial charge on any atom is -0.326 e. The van der Waals surface area contributed by atoms with Gasteiger partial charge in [-0.15, -0.1) is 0 Å². The molecule has 0 saturated carbocycles. The van der Waals surface area contributed by atoms with Crippen LogP contribution in [0.4, 0.5) is 10.1 Å². The van der Waals surface area contributed by atoms with Crippen LogP contribution >= 0.6 is 0 Å². The number of benzene rings is 1. The lowest BCUT2D eigenvalue weighted by atomic mass is 10.1. The molecule has 0 aromatic heterocycles. The van der Waals surface area contributed by atoms with E-state index in [4.69, 9.17) is 5.73 Å². The normalized spacial score (nSPS) is 10.4. The summed E-state index contributed by atoms with van der Waals surface area (Å²) >= 11 is 0. The minimum atomic E-state index is -0.431. The lowest BCUT2D eigenvalue weighted by Crippen LogP contribution is -2.12. The zero-order valence-electron chi connectivity index (χ0n) is 10.8. The quantitative estimate of drug-likeness (QED) is 0.732. The van der Waals surface area contributed by atoms with Gasteiger partial charge in [0.15, 0.2) is 0 Å². The van der Waals surface area contributed by atoms with Gasteiger partial charge in [-0.1, -0.05) is 32.3 Å². The lowest BCUT2D eigenvalue weighted by Gasteiger charge is -2.07. The first-order valence-corrected chi connectivity index (χ1v) is 6.45. The molecule has 0 spiro atoms. The van der Waals surface area contributed by atoms with E-state index in [0.29, 0.717) is 18.5 Å². The molecule has 3 N–H and O–H groups in total. The van der Waals surface area contributed by atoms with Crippen LogP contribution in [0.2, 0.25) is 0 Å². The predicted molar refractivity (Wildman–Crippen MR) is 71.7 cm³/mol. The summed E-state index contributed by atoms with van der Waals surface area (Å²) in [4.78, 5) is 11.6. The fourth-order valence-electron chi connectivity index (χ4n) is 1.71. The Balaban J connectivity index is 2.44. The first-order chi connectivity index (χ1) is 8.67. The number of carbonyl (C=O) groups excluding carboxylic acids is 1. The van der Waals surface area contributed by atoms with Crippen molar-refractivity contribution in [3.63, 3.8) is 0 Å². The molecule has 1 amide bonds. The topological polar surface area (TPSA) is 55.1 Å². The van der Waals surface area contributed by atoms with E-state index in [2.05, 4.69) is 12.2 Å². The second-order valence-electron chi connectivity index (χ2n) is 4.38. The molecule has 0 atom stereocenters. The maximum atomic E-state index is 13.6. The van der Waals surface area contributed by atoms with E-state index in [1.54, 1.807) is 12.1 Å². The molecule has 0 aliphatic heterocycles. The Morgan fingerprint density at radius 3 is 2.72 bits per heavy atom. The molecular weight excluding hydrogens is 231 g/mol. The van der Waals surface area contributed by atoms with Crippen molar-refractivity contribution >= 4 is 11.6 Å². The third-order valence-electron chi connectivity index (χ3n) is 2.80. The van der Waals surface area contributed by atoms with Crippen LogP contribution in [0, 0.1) is 5.82 Å². The molecule has 0 bridgehead atoms.